The molecule has 1 aliphatic rings. The standard InChI is InChI=1S/C17H23N3O2/c1-17(2,3)22-16(21)13-19-8-10-20(11-9-19)15-7-5-4-6-14(15)12-18/h4-7H,8-11,13H2,1-3H3. The third-order valence-corrected chi connectivity index (χ3v) is 3.51. The Hall–Kier alpha value is -2.06. The van der Waals surface area contributed by atoms with Gasteiger partial charge in [0.2, 0.25) is 0 Å². The molecule has 5 nitrogen and oxygen atoms in total. The maximum atomic E-state index is 11.9. The molecule has 5 heteroatoms. The van der Waals surface area contributed by atoms with E-state index >= 15 is 0 Å². The highest BCUT2D eigenvalue weighted by Crippen LogP contribution is 2.21. The van der Waals surface area contributed by atoms with Crippen LogP contribution in [0.25, 0.3) is 0 Å². The van der Waals surface area contributed by atoms with E-state index < -0.39 is 5.60 Å². The van der Waals surface area contributed by atoms with Gasteiger partial charge in [-0.3, -0.25) is 9.69 Å². The van der Waals surface area contributed by atoms with Gasteiger partial charge >= 0.3 is 5.97 Å². The lowest BCUT2D eigenvalue weighted by Gasteiger charge is -2.36. The first-order valence-corrected chi connectivity index (χ1v) is 7.57. The first-order valence-electron chi connectivity index (χ1n) is 7.57. The molecule has 0 spiro atoms. The highest BCUT2D eigenvalue weighted by Gasteiger charge is 2.23. The van der Waals surface area contributed by atoms with E-state index in [1.807, 2.05) is 45.0 Å². The number of nitriles is 1. The molecule has 0 amide bonds. The summed E-state index contributed by atoms with van der Waals surface area (Å²) in [4.78, 5) is 16.2. The number of piperazine rings is 1. The van der Waals surface area contributed by atoms with Gasteiger partial charge in [-0.2, -0.15) is 5.26 Å². The highest BCUT2D eigenvalue weighted by atomic mass is 16.6. The van der Waals surface area contributed by atoms with E-state index in [0.717, 1.165) is 31.9 Å². The van der Waals surface area contributed by atoms with Crippen LogP contribution in [0.15, 0.2) is 24.3 Å². The van der Waals surface area contributed by atoms with Crippen molar-refractivity contribution in [3.05, 3.63) is 29.8 Å². The van der Waals surface area contributed by atoms with Crippen molar-refractivity contribution < 1.29 is 9.53 Å². The second-order valence-electron chi connectivity index (χ2n) is 6.48. The number of para-hydroxylation sites is 1. The molecule has 0 radical (unpaired) electrons. The van der Waals surface area contributed by atoms with Crippen molar-refractivity contribution in [1.82, 2.24) is 4.90 Å². The minimum absolute atomic E-state index is 0.182. The molecule has 0 atom stereocenters. The Bertz CT molecular complexity index is 564. The lowest BCUT2D eigenvalue weighted by Crippen LogP contribution is -2.48. The molecule has 0 bridgehead atoms. The number of nitrogens with zero attached hydrogens (tertiary/aromatic N) is 3. The van der Waals surface area contributed by atoms with Crippen LogP contribution in [0, 0.1) is 11.3 Å². The van der Waals surface area contributed by atoms with Crippen molar-refractivity contribution in [2.24, 2.45) is 0 Å². The third-order valence-electron chi connectivity index (χ3n) is 3.51. The smallest absolute Gasteiger partial charge is 0.320 e. The molecule has 1 saturated heterocycles. The van der Waals surface area contributed by atoms with E-state index in [2.05, 4.69) is 15.9 Å². The normalized spacial score (nSPS) is 16.2. The molecule has 0 aromatic heterocycles. The zero-order valence-electron chi connectivity index (χ0n) is 13.5. The summed E-state index contributed by atoms with van der Waals surface area (Å²) in [7, 11) is 0. The fraction of sp³-hybridized carbons (Fsp3) is 0.529. The molecule has 1 aromatic rings. The monoisotopic (exact) mass is 301 g/mol. The van der Waals surface area contributed by atoms with Crippen molar-refractivity contribution >= 4 is 11.7 Å². The summed E-state index contributed by atoms with van der Waals surface area (Å²) in [6.07, 6.45) is 0. The van der Waals surface area contributed by atoms with Gasteiger partial charge in [-0.15, -0.1) is 0 Å². The van der Waals surface area contributed by atoms with Gasteiger partial charge in [-0.05, 0) is 32.9 Å². The topological polar surface area (TPSA) is 56.6 Å². The highest BCUT2D eigenvalue weighted by molar-refractivity contribution is 5.72. The Labute approximate surface area is 132 Å². The molecule has 1 aliphatic heterocycles. The number of benzene rings is 1. The number of rotatable bonds is 3. The number of carbonyl (C=O) groups is 1. The molecule has 0 aliphatic carbocycles. The van der Waals surface area contributed by atoms with E-state index in [-0.39, 0.29) is 5.97 Å². The summed E-state index contributed by atoms with van der Waals surface area (Å²) in [5.74, 6) is -0.182. The first-order chi connectivity index (χ1) is 10.4. The van der Waals surface area contributed by atoms with Gasteiger partial charge in [0.1, 0.15) is 11.7 Å². The lowest BCUT2D eigenvalue weighted by molar-refractivity contribution is -0.156. The zero-order valence-corrected chi connectivity index (χ0v) is 13.5. The molecule has 1 fully saturated rings. The van der Waals surface area contributed by atoms with Crippen LogP contribution in [-0.4, -0.2) is 49.2 Å². The van der Waals surface area contributed by atoms with E-state index in [1.54, 1.807) is 0 Å². The van der Waals surface area contributed by atoms with E-state index in [4.69, 9.17) is 4.74 Å². The average molecular weight is 301 g/mol. The summed E-state index contributed by atoms with van der Waals surface area (Å²) >= 11 is 0. The summed E-state index contributed by atoms with van der Waals surface area (Å²) in [6.45, 7) is 9.15. The summed E-state index contributed by atoms with van der Waals surface area (Å²) in [5.41, 5.74) is 1.23. The number of hydrogen-bond acceptors (Lipinski definition) is 5. The van der Waals surface area contributed by atoms with Gasteiger partial charge in [0.25, 0.3) is 0 Å². The van der Waals surface area contributed by atoms with Crippen LogP contribution in [0.2, 0.25) is 0 Å². The van der Waals surface area contributed by atoms with Crippen molar-refractivity contribution in [3.63, 3.8) is 0 Å². The number of esters is 1. The van der Waals surface area contributed by atoms with Crippen LogP contribution >= 0.6 is 0 Å². The van der Waals surface area contributed by atoms with E-state index in [0.29, 0.717) is 12.1 Å². The number of ether oxygens (including phenoxy) is 1. The lowest BCUT2D eigenvalue weighted by atomic mass is 10.1. The van der Waals surface area contributed by atoms with Gasteiger partial charge in [0.05, 0.1) is 17.8 Å². The van der Waals surface area contributed by atoms with Crippen LogP contribution in [0.3, 0.4) is 0 Å². The second kappa shape index (κ2) is 6.80. The maximum Gasteiger partial charge on any atom is 0.320 e. The first kappa shape index (κ1) is 16.3. The molecule has 118 valence electrons. The summed E-state index contributed by atoms with van der Waals surface area (Å²) < 4.78 is 5.35. The molecule has 2 rings (SSSR count). The van der Waals surface area contributed by atoms with Crippen LogP contribution in [0.5, 0.6) is 0 Å². The van der Waals surface area contributed by atoms with Gasteiger partial charge < -0.3 is 9.64 Å². The quantitative estimate of drug-likeness (QED) is 0.800. The molecule has 0 unspecified atom stereocenters. The number of hydrogen-bond donors (Lipinski definition) is 0. The van der Waals surface area contributed by atoms with Crippen molar-refractivity contribution in [3.8, 4) is 6.07 Å². The average Bonchev–Trinajstić information content (AvgIpc) is 2.46. The predicted molar refractivity (Wildman–Crippen MR) is 85.7 cm³/mol. The minimum Gasteiger partial charge on any atom is -0.459 e. The van der Waals surface area contributed by atoms with Crippen molar-refractivity contribution in [1.29, 1.82) is 5.26 Å². The Morgan fingerprint density at radius 2 is 1.86 bits per heavy atom. The van der Waals surface area contributed by atoms with Gasteiger partial charge in [-0.25, -0.2) is 0 Å². The second-order valence-corrected chi connectivity index (χ2v) is 6.48. The number of anilines is 1. The van der Waals surface area contributed by atoms with Gasteiger partial charge in [0.15, 0.2) is 0 Å². The fourth-order valence-corrected chi connectivity index (χ4v) is 2.55. The maximum absolute atomic E-state index is 11.9. The molecular formula is C17H23N3O2. The SMILES string of the molecule is CC(C)(C)OC(=O)CN1CCN(c2ccccc2C#N)CC1. The van der Waals surface area contributed by atoms with Crippen molar-refractivity contribution in [2.45, 2.75) is 26.4 Å². The van der Waals surface area contributed by atoms with Crippen LogP contribution in [-0.2, 0) is 9.53 Å². The van der Waals surface area contributed by atoms with E-state index in [1.165, 1.54) is 0 Å². The van der Waals surface area contributed by atoms with Crippen LogP contribution < -0.4 is 4.90 Å². The molecule has 22 heavy (non-hydrogen) atoms. The Kier molecular flexibility index (Phi) is 5.04. The zero-order chi connectivity index (χ0) is 16.2. The van der Waals surface area contributed by atoms with Gasteiger partial charge in [-0.1, -0.05) is 12.1 Å². The summed E-state index contributed by atoms with van der Waals surface area (Å²) in [6, 6.07) is 9.87. The van der Waals surface area contributed by atoms with Crippen LogP contribution in [0.1, 0.15) is 26.3 Å². The van der Waals surface area contributed by atoms with E-state index in [9.17, 15) is 10.1 Å². The molecule has 0 saturated carbocycles. The molecule has 1 heterocycles. The van der Waals surface area contributed by atoms with Crippen LogP contribution in [0.4, 0.5) is 5.69 Å². The Balaban J connectivity index is 1.88. The Morgan fingerprint density at radius 1 is 1.23 bits per heavy atom. The predicted octanol–water partition coefficient (Wildman–Crippen LogP) is 2.02. The minimum atomic E-state index is -0.440. The largest absolute Gasteiger partial charge is 0.459 e. The molecule has 0 N–H and O–H groups in total. The fourth-order valence-electron chi connectivity index (χ4n) is 2.55. The summed E-state index contributed by atoms with van der Waals surface area (Å²) in [5, 5.41) is 9.18. The Morgan fingerprint density at radius 3 is 2.45 bits per heavy atom. The third kappa shape index (κ3) is 4.47. The number of carbonyl (C=O) groups excluding carboxylic acids is 1. The van der Waals surface area contributed by atoms with Crippen molar-refractivity contribution in [2.75, 3.05) is 37.6 Å². The van der Waals surface area contributed by atoms with Gasteiger partial charge in [0, 0.05) is 26.2 Å². The molecule has 1 aromatic carbocycles. The molecular weight excluding hydrogens is 278 g/mol.